The average Bonchev–Trinajstić information content (AvgIpc) is 2.66. The maximum atomic E-state index is 14.0. The van der Waals surface area contributed by atoms with E-state index in [9.17, 15) is 9.18 Å². The monoisotopic (exact) mass is 387 g/mol. The summed E-state index contributed by atoms with van der Waals surface area (Å²) in [7, 11) is 0. The molecule has 0 aliphatic carbocycles. The van der Waals surface area contributed by atoms with Crippen LogP contribution in [0.15, 0.2) is 71.3 Å². The number of ether oxygens (including phenoxy) is 1. The molecule has 0 aliphatic heterocycles. The first-order valence-corrected chi connectivity index (χ1v) is 9.14. The van der Waals surface area contributed by atoms with Gasteiger partial charge in [-0.2, -0.15) is 0 Å². The highest BCUT2D eigenvalue weighted by Gasteiger charge is 2.20. The number of rotatable bonds is 7. The lowest BCUT2D eigenvalue weighted by atomic mass is 10.1. The Bertz CT molecular complexity index is 847. The molecule has 0 aliphatic rings. The van der Waals surface area contributed by atoms with Crippen LogP contribution in [0.25, 0.3) is 0 Å². The zero-order valence-corrected chi connectivity index (χ0v) is 16.5. The smallest absolute Gasteiger partial charge is 0.224 e. The third kappa shape index (κ3) is 5.69. The van der Waals surface area contributed by atoms with Crippen molar-refractivity contribution in [3.05, 3.63) is 77.1 Å². The van der Waals surface area contributed by atoms with Crippen molar-refractivity contribution in [2.45, 2.75) is 27.2 Å². The molecule has 0 radical (unpaired) electrons. The van der Waals surface area contributed by atoms with Crippen LogP contribution in [-0.2, 0) is 4.79 Å². The fourth-order valence-electron chi connectivity index (χ4n) is 2.60. The normalized spacial score (nSPS) is 12.0. The first-order valence-electron chi connectivity index (χ1n) is 8.77. The number of nitrogens with zero attached hydrogens (tertiary/aromatic N) is 1. The van der Waals surface area contributed by atoms with Crippen LogP contribution < -0.4 is 9.64 Å². The van der Waals surface area contributed by atoms with Gasteiger partial charge in [0.15, 0.2) is 5.75 Å². The molecule has 142 valence electrons. The number of carbonyl (C=O) groups is 1. The van der Waals surface area contributed by atoms with Gasteiger partial charge in [0, 0.05) is 18.0 Å². The highest BCUT2D eigenvalue weighted by Crippen LogP contribution is 2.34. The van der Waals surface area contributed by atoms with E-state index >= 15 is 0 Å². The van der Waals surface area contributed by atoms with E-state index in [2.05, 4.69) is 0 Å². The summed E-state index contributed by atoms with van der Waals surface area (Å²) in [5.41, 5.74) is 1.15. The SMILES string of the molecule is C/C=C\C(CN(C(C)=O)c1cc(F)ccc1Oc1ccccc1)=C(\Cl)CC. The number of hydrogen-bond donors (Lipinski definition) is 0. The number of amides is 1. The number of benzene rings is 2. The van der Waals surface area contributed by atoms with Crippen LogP contribution in [0.2, 0.25) is 0 Å². The van der Waals surface area contributed by atoms with Gasteiger partial charge in [-0.25, -0.2) is 4.39 Å². The molecule has 0 unspecified atom stereocenters. The van der Waals surface area contributed by atoms with Gasteiger partial charge in [0.05, 0.1) is 12.2 Å². The molecule has 3 nitrogen and oxygen atoms in total. The maximum absolute atomic E-state index is 14.0. The first kappa shape index (κ1) is 20.7. The van der Waals surface area contributed by atoms with Gasteiger partial charge >= 0.3 is 0 Å². The summed E-state index contributed by atoms with van der Waals surface area (Å²) in [4.78, 5) is 13.8. The lowest BCUT2D eigenvalue weighted by Crippen LogP contribution is -2.31. The second-order valence-corrected chi connectivity index (χ2v) is 6.37. The van der Waals surface area contributed by atoms with Crippen LogP contribution in [0.5, 0.6) is 11.5 Å². The van der Waals surface area contributed by atoms with Crippen LogP contribution in [0.3, 0.4) is 0 Å². The molecule has 0 aromatic heterocycles. The zero-order chi connectivity index (χ0) is 19.8. The number of carbonyl (C=O) groups excluding carboxylic acids is 1. The van der Waals surface area contributed by atoms with E-state index in [1.54, 1.807) is 12.1 Å². The molecule has 5 heteroatoms. The molecule has 0 N–H and O–H groups in total. The van der Waals surface area contributed by atoms with Crippen molar-refractivity contribution in [2.24, 2.45) is 0 Å². The highest BCUT2D eigenvalue weighted by atomic mass is 35.5. The van der Waals surface area contributed by atoms with Crippen molar-refractivity contribution >= 4 is 23.2 Å². The summed E-state index contributed by atoms with van der Waals surface area (Å²) < 4.78 is 19.9. The Hall–Kier alpha value is -2.59. The van der Waals surface area contributed by atoms with Crippen molar-refractivity contribution in [1.29, 1.82) is 0 Å². The number of anilines is 1. The van der Waals surface area contributed by atoms with Gasteiger partial charge in [-0.3, -0.25) is 4.79 Å². The molecule has 0 fully saturated rings. The van der Waals surface area contributed by atoms with Crippen molar-refractivity contribution in [3.8, 4) is 11.5 Å². The standard InChI is InChI=1S/C22H23ClFNO2/c1-4-9-17(20(23)5-2)15-25(16(3)26)21-14-18(24)12-13-22(21)27-19-10-7-6-8-11-19/h4,6-14H,5,15H2,1-3H3/b9-4-,20-17-. The minimum absolute atomic E-state index is 0.223. The average molecular weight is 388 g/mol. The summed E-state index contributed by atoms with van der Waals surface area (Å²) in [5.74, 6) is 0.311. The molecular formula is C22H23ClFNO2. The predicted molar refractivity (Wildman–Crippen MR) is 109 cm³/mol. The topological polar surface area (TPSA) is 29.5 Å². The predicted octanol–water partition coefficient (Wildman–Crippen LogP) is 6.45. The minimum atomic E-state index is -0.449. The second kappa shape index (κ2) is 9.93. The zero-order valence-electron chi connectivity index (χ0n) is 15.7. The summed E-state index contributed by atoms with van der Waals surface area (Å²) in [6.45, 7) is 5.48. The van der Waals surface area contributed by atoms with Crippen LogP contribution in [0, 0.1) is 5.82 Å². The first-order chi connectivity index (χ1) is 13.0. The Morgan fingerprint density at radius 2 is 1.93 bits per heavy atom. The van der Waals surface area contributed by atoms with Crippen molar-refractivity contribution in [1.82, 2.24) is 0 Å². The second-order valence-electron chi connectivity index (χ2n) is 5.92. The fraction of sp³-hybridized carbons (Fsp3) is 0.227. The van der Waals surface area contributed by atoms with E-state index < -0.39 is 5.82 Å². The van der Waals surface area contributed by atoms with E-state index in [1.807, 2.05) is 44.2 Å². The third-order valence-electron chi connectivity index (χ3n) is 3.92. The molecule has 27 heavy (non-hydrogen) atoms. The van der Waals surface area contributed by atoms with Gasteiger partial charge in [0.25, 0.3) is 0 Å². The number of hydrogen-bond acceptors (Lipinski definition) is 2. The lowest BCUT2D eigenvalue weighted by molar-refractivity contribution is -0.116. The molecule has 2 aromatic rings. The summed E-state index contributed by atoms with van der Waals surface area (Å²) in [5, 5.41) is 0.654. The van der Waals surface area contributed by atoms with Crippen LogP contribution in [0.4, 0.5) is 10.1 Å². The fourth-order valence-corrected chi connectivity index (χ4v) is 2.72. The van der Waals surface area contributed by atoms with Crippen molar-refractivity contribution in [3.63, 3.8) is 0 Å². The lowest BCUT2D eigenvalue weighted by Gasteiger charge is -2.25. The molecule has 0 atom stereocenters. The van der Waals surface area contributed by atoms with Crippen LogP contribution in [-0.4, -0.2) is 12.5 Å². The van der Waals surface area contributed by atoms with E-state index in [1.165, 1.54) is 30.0 Å². The maximum Gasteiger partial charge on any atom is 0.224 e. The van der Waals surface area contributed by atoms with E-state index in [-0.39, 0.29) is 12.5 Å². The summed E-state index contributed by atoms with van der Waals surface area (Å²) >= 11 is 6.33. The number of allylic oxidation sites excluding steroid dienone is 2. The van der Waals surface area contributed by atoms with Crippen LogP contribution in [0.1, 0.15) is 27.2 Å². The molecule has 2 rings (SSSR count). The van der Waals surface area contributed by atoms with Gasteiger partial charge in [-0.05, 0) is 43.2 Å². The highest BCUT2D eigenvalue weighted by molar-refractivity contribution is 6.30. The molecule has 0 saturated carbocycles. The Morgan fingerprint density at radius 3 is 2.52 bits per heavy atom. The van der Waals surface area contributed by atoms with Gasteiger partial charge in [0.2, 0.25) is 5.91 Å². The number of halogens is 2. The molecule has 0 bridgehead atoms. The molecule has 2 aromatic carbocycles. The molecule has 0 spiro atoms. The van der Waals surface area contributed by atoms with Gasteiger partial charge in [-0.15, -0.1) is 0 Å². The Kier molecular flexibility index (Phi) is 7.62. The summed E-state index contributed by atoms with van der Waals surface area (Å²) in [6, 6.07) is 13.3. The molecular weight excluding hydrogens is 365 g/mol. The summed E-state index contributed by atoms with van der Waals surface area (Å²) in [6.07, 6.45) is 4.36. The van der Waals surface area contributed by atoms with Gasteiger partial charge in [-0.1, -0.05) is 48.9 Å². The number of para-hydroxylation sites is 1. The van der Waals surface area contributed by atoms with Gasteiger partial charge < -0.3 is 9.64 Å². The Labute approximate surface area is 164 Å². The van der Waals surface area contributed by atoms with E-state index in [4.69, 9.17) is 16.3 Å². The Balaban J connectivity index is 2.47. The third-order valence-corrected chi connectivity index (χ3v) is 4.43. The largest absolute Gasteiger partial charge is 0.455 e. The van der Waals surface area contributed by atoms with E-state index in [0.717, 1.165) is 5.57 Å². The molecule has 0 heterocycles. The molecule has 0 saturated heterocycles. The van der Waals surface area contributed by atoms with Crippen LogP contribution >= 0.6 is 11.6 Å². The molecule has 1 amide bonds. The van der Waals surface area contributed by atoms with Crippen molar-refractivity contribution in [2.75, 3.05) is 11.4 Å². The quantitative estimate of drug-likeness (QED) is 0.511. The van der Waals surface area contributed by atoms with E-state index in [0.29, 0.717) is 28.6 Å². The Morgan fingerprint density at radius 1 is 1.22 bits per heavy atom. The van der Waals surface area contributed by atoms with Crippen molar-refractivity contribution < 1.29 is 13.9 Å². The minimum Gasteiger partial charge on any atom is -0.455 e. The van der Waals surface area contributed by atoms with Gasteiger partial charge in [0.1, 0.15) is 11.6 Å².